The van der Waals surface area contributed by atoms with Crippen LogP contribution in [0, 0.1) is 0 Å². The van der Waals surface area contributed by atoms with E-state index >= 15 is 0 Å². The molecule has 0 spiro atoms. The number of benzene rings is 2. The molecule has 32 heavy (non-hydrogen) atoms. The number of piperidine rings is 2. The lowest BCUT2D eigenvalue weighted by Crippen LogP contribution is -2.47. The zero-order chi connectivity index (χ0) is 21.9. The zero-order valence-corrected chi connectivity index (χ0v) is 18.3. The van der Waals surface area contributed by atoms with Crippen molar-refractivity contribution in [1.82, 2.24) is 10.6 Å². The molecule has 2 aromatic carbocycles. The Bertz CT molecular complexity index is 982. The van der Waals surface area contributed by atoms with E-state index in [0.29, 0.717) is 18.9 Å². The quantitative estimate of drug-likeness (QED) is 0.543. The van der Waals surface area contributed by atoms with Gasteiger partial charge in [-0.05, 0) is 73.7 Å². The van der Waals surface area contributed by atoms with Gasteiger partial charge >= 0.3 is 0 Å². The summed E-state index contributed by atoms with van der Waals surface area (Å²) in [5.41, 5.74) is 6.33. The van der Waals surface area contributed by atoms with Gasteiger partial charge in [0.2, 0.25) is 11.8 Å². The maximum Gasteiger partial charge on any atom is 0.249 e. The summed E-state index contributed by atoms with van der Waals surface area (Å²) in [4.78, 5) is 25.7. The number of hydrogen-bond acceptors (Lipinski definition) is 6. The SMILES string of the molecule is O=C1CCC(Nc2ccc(N3CCC(Nc4cccc5c4CCNC5)CC3)cc2)C(=O)N1. The topological polar surface area (TPSA) is 85.5 Å². The second-order valence-electron chi connectivity index (χ2n) is 8.97. The average molecular weight is 434 g/mol. The Morgan fingerprint density at radius 3 is 2.50 bits per heavy atom. The highest BCUT2D eigenvalue weighted by atomic mass is 16.2. The van der Waals surface area contributed by atoms with E-state index in [4.69, 9.17) is 0 Å². The molecule has 0 bridgehead atoms. The molecular weight excluding hydrogens is 402 g/mol. The number of rotatable bonds is 5. The van der Waals surface area contributed by atoms with Crippen LogP contribution >= 0.6 is 0 Å². The summed E-state index contributed by atoms with van der Waals surface area (Å²) in [7, 11) is 0. The molecule has 1 atom stereocenters. The highest BCUT2D eigenvalue weighted by molar-refractivity contribution is 6.01. The van der Waals surface area contributed by atoms with Crippen molar-refractivity contribution in [1.29, 1.82) is 0 Å². The molecule has 0 radical (unpaired) electrons. The fraction of sp³-hybridized carbons (Fsp3) is 0.440. The molecule has 2 saturated heterocycles. The lowest BCUT2D eigenvalue weighted by atomic mass is 9.97. The van der Waals surface area contributed by atoms with Crippen molar-refractivity contribution in [2.75, 3.05) is 35.2 Å². The fourth-order valence-corrected chi connectivity index (χ4v) is 4.97. The van der Waals surface area contributed by atoms with Crippen molar-refractivity contribution in [2.24, 2.45) is 0 Å². The van der Waals surface area contributed by atoms with Gasteiger partial charge in [0.1, 0.15) is 6.04 Å². The minimum Gasteiger partial charge on any atom is -0.382 e. The van der Waals surface area contributed by atoms with Crippen molar-refractivity contribution in [3.8, 4) is 0 Å². The van der Waals surface area contributed by atoms with E-state index in [1.807, 2.05) is 12.1 Å². The van der Waals surface area contributed by atoms with E-state index < -0.39 is 0 Å². The molecule has 1 unspecified atom stereocenters. The average Bonchev–Trinajstić information content (AvgIpc) is 2.82. The highest BCUT2D eigenvalue weighted by Crippen LogP contribution is 2.27. The zero-order valence-electron chi connectivity index (χ0n) is 18.3. The van der Waals surface area contributed by atoms with Gasteiger partial charge in [-0.25, -0.2) is 0 Å². The van der Waals surface area contributed by atoms with Crippen LogP contribution in [0.2, 0.25) is 0 Å². The summed E-state index contributed by atoms with van der Waals surface area (Å²) in [6, 6.07) is 15.0. The number of anilines is 3. The van der Waals surface area contributed by atoms with Gasteiger partial charge in [-0.15, -0.1) is 0 Å². The summed E-state index contributed by atoms with van der Waals surface area (Å²) in [5.74, 6) is -0.429. The van der Waals surface area contributed by atoms with E-state index in [0.717, 1.165) is 51.1 Å². The van der Waals surface area contributed by atoms with E-state index in [9.17, 15) is 9.59 Å². The predicted molar refractivity (Wildman–Crippen MR) is 127 cm³/mol. The standard InChI is InChI=1S/C25H31N5O2/c31-24-9-8-23(25(32)29-24)28-18-4-6-20(7-5-18)30-14-11-19(12-15-30)27-22-3-1-2-17-16-26-13-10-21(17)22/h1-7,19,23,26-28H,8-16H2,(H,29,31,32). The molecule has 3 aliphatic heterocycles. The van der Waals surface area contributed by atoms with Gasteiger partial charge < -0.3 is 20.9 Å². The van der Waals surface area contributed by atoms with E-state index in [1.54, 1.807) is 0 Å². The molecular formula is C25H31N5O2. The third-order valence-corrected chi connectivity index (χ3v) is 6.81. The Labute approximate surface area is 188 Å². The Hall–Kier alpha value is -3.06. The molecule has 7 heteroatoms. The van der Waals surface area contributed by atoms with E-state index in [2.05, 4.69) is 56.5 Å². The molecule has 0 saturated carbocycles. The van der Waals surface area contributed by atoms with Crippen LogP contribution in [0.4, 0.5) is 17.1 Å². The van der Waals surface area contributed by atoms with Crippen molar-refractivity contribution >= 4 is 28.9 Å². The van der Waals surface area contributed by atoms with Gasteiger partial charge in [-0.1, -0.05) is 12.1 Å². The van der Waals surface area contributed by atoms with Crippen LogP contribution in [0.3, 0.4) is 0 Å². The second-order valence-corrected chi connectivity index (χ2v) is 8.97. The Morgan fingerprint density at radius 1 is 0.906 bits per heavy atom. The van der Waals surface area contributed by atoms with E-state index in [1.165, 1.54) is 22.5 Å². The number of carbonyl (C=O) groups is 2. The number of hydrogen-bond donors (Lipinski definition) is 4. The number of amides is 2. The molecule has 168 valence electrons. The molecule has 0 aromatic heterocycles. The number of imide groups is 1. The Kier molecular flexibility index (Phi) is 5.99. The first-order chi connectivity index (χ1) is 15.7. The van der Waals surface area contributed by atoms with Gasteiger partial charge in [0.25, 0.3) is 0 Å². The van der Waals surface area contributed by atoms with Crippen LogP contribution < -0.4 is 26.2 Å². The van der Waals surface area contributed by atoms with Crippen LogP contribution in [0.5, 0.6) is 0 Å². The minimum absolute atomic E-state index is 0.189. The van der Waals surface area contributed by atoms with Crippen LogP contribution in [-0.2, 0) is 22.6 Å². The summed E-state index contributed by atoms with van der Waals surface area (Å²) >= 11 is 0. The molecule has 3 aliphatic rings. The third-order valence-electron chi connectivity index (χ3n) is 6.81. The summed E-state index contributed by atoms with van der Waals surface area (Å²) in [6.45, 7) is 4.07. The molecule has 0 aliphatic carbocycles. The Morgan fingerprint density at radius 2 is 1.72 bits per heavy atom. The Balaban J connectivity index is 1.15. The lowest BCUT2D eigenvalue weighted by molar-refractivity contribution is -0.133. The third kappa shape index (κ3) is 4.58. The predicted octanol–water partition coefficient (Wildman–Crippen LogP) is 2.63. The molecule has 5 rings (SSSR count). The smallest absolute Gasteiger partial charge is 0.249 e. The van der Waals surface area contributed by atoms with Crippen LogP contribution in [0.25, 0.3) is 0 Å². The molecule has 2 amide bonds. The molecule has 4 N–H and O–H groups in total. The van der Waals surface area contributed by atoms with Crippen LogP contribution in [0.1, 0.15) is 36.8 Å². The summed E-state index contributed by atoms with van der Waals surface area (Å²) in [5, 5.41) is 12.9. The monoisotopic (exact) mass is 433 g/mol. The molecule has 2 aromatic rings. The molecule has 2 fully saturated rings. The van der Waals surface area contributed by atoms with Crippen molar-refractivity contribution in [3.05, 3.63) is 53.6 Å². The van der Waals surface area contributed by atoms with Crippen molar-refractivity contribution in [2.45, 2.75) is 50.7 Å². The van der Waals surface area contributed by atoms with E-state index in [-0.39, 0.29) is 17.9 Å². The minimum atomic E-state index is -0.347. The fourth-order valence-electron chi connectivity index (χ4n) is 4.97. The number of fused-ring (bicyclic) bond motifs is 1. The van der Waals surface area contributed by atoms with Crippen molar-refractivity contribution in [3.63, 3.8) is 0 Å². The van der Waals surface area contributed by atoms with Crippen LogP contribution in [0.15, 0.2) is 42.5 Å². The maximum absolute atomic E-state index is 12.0. The van der Waals surface area contributed by atoms with Crippen LogP contribution in [-0.4, -0.2) is 43.5 Å². The lowest BCUT2D eigenvalue weighted by Gasteiger charge is -2.35. The first-order valence-electron chi connectivity index (χ1n) is 11.7. The molecule has 3 heterocycles. The second kappa shape index (κ2) is 9.20. The molecule has 7 nitrogen and oxygen atoms in total. The normalized spacial score (nSPS) is 21.6. The first-order valence-corrected chi connectivity index (χ1v) is 11.7. The van der Waals surface area contributed by atoms with Gasteiger partial charge in [0.15, 0.2) is 0 Å². The number of nitrogens with zero attached hydrogens (tertiary/aromatic N) is 1. The van der Waals surface area contributed by atoms with Gasteiger partial charge in [0.05, 0.1) is 0 Å². The van der Waals surface area contributed by atoms with Crippen molar-refractivity contribution < 1.29 is 9.59 Å². The number of nitrogens with one attached hydrogen (secondary N) is 4. The largest absolute Gasteiger partial charge is 0.382 e. The summed E-state index contributed by atoms with van der Waals surface area (Å²) in [6.07, 6.45) is 4.23. The first kappa shape index (κ1) is 20.8. The number of carbonyl (C=O) groups excluding carboxylic acids is 2. The van der Waals surface area contributed by atoms with Gasteiger partial charge in [0, 0.05) is 49.2 Å². The maximum atomic E-state index is 12.0. The van der Waals surface area contributed by atoms with Gasteiger partial charge in [-0.2, -0.15) is 0 Å². The summed E-state index contributed by atoms with van der Waals surface area (Å²) < 4.78 is 0. The van der Waals surface area contributed by atoms with Gasteiger partial charge in [-0.3, -0.25) is 14.9 Å². The highest BCUT2D eigenvalue weighted by Gasteiger charge is 2.26.